The largest absolute Gasteiger partial charge is 0.308 e. The monoisotopic (exact) mass is 469 g/mol. The van der Waals surface area contributed by atoms with Crippen LogP contribution in [0.15, 0.2) is 46.2 Å². The van der Waals surface area contributed by atoms with E-state index < -0.39 is 31.8 Å². The first kappa shape index (κ1) is 23.3. The molecule has 2 aromatic carbocycles. The van der Waals surface area contributed by atoms with E-state index in [1.54, 1.807) is 13.8 Å². The number of halogens is 1. The van der Waals surface area contributed by atoms with Gasteiger partial charge in [-0.2, -0.15) is 4.31 Å². The standard InChI is InChI=1S/C20H24FN3O5S2/c1-4-23(5-2)31(28,29)16-7-9-19-14(12-16)10-11-24(19)20(25)17-13-15(6-8-18(17)21)30(26,27)22-3/h6-9,12-13,22H,4-5,10-11H2,1-3H3. The van der Waals surface area contributed by atoms with Crippen molar-refractivity contribution in [3.05, 3.63) is 53.3 Å². The zero-order valence-corrected chi connectivity index (χ0v) is 19.1. The molecule has 11 heteroatoms. The topological polar surface area (TPSA) is 104 Å². The van der Waals surface area contributed by atoms with Gasteiger partial charge in [-0.25, -0.2) is 25.9 Å². The average Bonchev–Trinajstić information content (AvgIpc) is 3.17. The maximum absolute atomic E-state index is 14.4. The van der Waals surface area contributed by atoms with Crippen molar-refractivity contribution in [2.45, 2.75) is 30.1 Å². The first-order valence-corrected chi connectivity index (χ1v) is 12.7. The summed E-state index contributed by atoms with van der Waals surface area (Å²) in [5.74, 6) is -1.53. The predicted octanol–water partition coefficient (Wildman–Crippen LogP) is 1.97. The summed E-state index contributed by atoms with van der Waals surface area (Å²) in [7, 11) is -6.27. The number of carbonyl (C=O) groups excluding carboxylic acids is 1. The highest BCUT2D eigenvalue weighted by Crippen LogP contribution is 2.33. The molecule has 0 fully saturated rings. The molecule has 0 saturated carbocycles. The second-order valence-electron chi connectivity index (χ2n) is 6.94. The number of benzene rings is 2. The summed E-state index contributed by atoms with van der Waals surface area (Å²) in [6.45, 7) is 4.42. The molecule has 0 spiro atoms. The Labute approximate surface area is 181 Å². The number of amides is 1. The highest BCUT2D eigenvalue weighted by Gasteiger charge is 2.30. The predicted molar refractivity (Wildman–Crippen MR) is 115 cm³/mol. The van der Waals surface area contributed by atoms with Gasteiger partial charge < -0.3 is 4.90 Å². The lowest BCUT2D eigenvalue weighted by Crippen LogP contribution is -2.31. The Morgan fingerprint density at radius 2 is 1.71 bits per heavy atom. The zero-order valence-electron chi connectivity index (χ0n) is 17.4. The summed E-state index contributed by atoms with van der Waals surface area (Å²) in [6.07, 6.45) is 0.402. The number of sulfonamides is 2. The second-order valence-corrected chi connectivity index (χ2v) is 10.8. The van der Waals surface area contributed by atoms with E-state index in [9.17, 15) is 26.0 Å². The van der Waals surface area contributed by atoms with E-state index in [-0.39, 0.29) is 21.9 Å². The molecule has 2 aromatic rings. The first-order chi connectivity index (χ1) is 14.6. The van der Waals surface area contributed by atoms with E-state index >= 15 is 0 Å². The second kappa shape index (κ2) is 8.65. The fourth-order valence-electron chi connectivity index (χ4n) is 3.56. The number of anilines is 1. The van der Waals surface area contributed by atoms with Gasteiger partial charge in [-0.05, 0) is 55.4 Å². The molecule has 3 rings (SSSR count). The van der Waals surface area contributed by atoms with Crippen molar-refractivity contribution < 1.29 is 26.0 Å². The molecule has 168 valence electrons. The van der Waals surface area contributed by atoms with Gasteiger partial charge in [0.05, 0.1) is 15.4 Å². The van der Waals surface area contributed by atoms with Gasteiger partial charge in [-0.15, -0.1) is 0 Å². The van der Waals surface area contributed by atoms with Crippen molar-refractivity contribution in [2.75, 3.05) is 31.6 Å². The van der Waals surface area contributed by atoms with Crippen LogP contribution in [0.2, 0.25) is 0 Å². The van der Waals surface area contributed by atoms with Crippen LogP contribution in [0.5, 0.6) is 0 Å². The lowest BCUT2D eigenvalue weighted by molar-refractivity contribution is 0.0985. The quantitative estimate of drug-likeness (QED) is 0.668. The number of hydrogen-bond acceptors (Lipinski definition) is 5. The van der Waals surface area contributed by atoms with Crippen LogP contribution in [0, 0.1) is 5.82 Å². The lowest BCUT2D eigenvalue weighted by Gasteiger charge is -2.20. The van der Waals surface area contributed by atoms with Crippen molar-refractivity contribution in [3.8, 4) is 0 Å². The van der Waals surface area contributed by atoms with Gasteiger partial charge in [0.15, 0.2) is 0 Å². The molecule has 0 aliphatic carbocycles. The number of hydrogen-bond donors (Lipinski definition) is 1. The van der Waals surface area contributed by atoms with Gasteiger partial charge in [-0.1, -0.05) is 13.8 Å². The molecule has 8 nitrogen and oxygen atoms in total. The van der Waals surface area contributed by atoms with E-state index in [0.717, 1.165) is 18.2 Å². The number of carbonyl (C=O) groups is 1. The number of nitrogens with one attached hydrogen (secondary N) is 1. The molecule has 0 radical (unpaired) electrons. The third-order valence-corrected chi connectivity index (χ3v) is 8.74. The summed E-state index contributed by atoms with van der Waals surface area (Å²) in [5.41, 5.74) is 0.759. The number of fused-ring (bicyclic) bond motifs is 1. The molecule has 0 unspecified atom stereocenters. The van der Waals surface area contributed by atoms with E-state index in [1.165, 1.54) is 34.5 Å². The molecule has 31 heavy (non-hydrogen) atoms. The molecule has 0 bridgehead atoms. The van der Waals surface area contributed by atoms with Gasteiger partial charge in [0.2, 0.25) is 20.0 Å². The van der Waals surface area contributed by atoms with Gasteiger partial charge >= 0.3 is 0 Å². The van der Waals surface area contributed by atoms with Crippen LogP contribution in [-0.2, 0) is 26.5 Å². The van der Waals surface area contributed by atoms with E-state index in [4.69, 9.17) is 0 Å². The summed E-state index contributed by atoms with van der Waals surface area (Å²) < 4.78 is 67.4. The van der Waals surface area contributed by atoms with Crippen molar-refractivity contribution in [2.24, 2.45) is 0 Å². The fraction of sp³-hybridized carbons (Fsp3) is 0.350. The maximum atomic E-state index is 14.4. The maximum Gasteiger partial charge on any atom is 0.261 e. The van der Waals surface area contributed by atoms with Crippen molar-refractivity contribution in [1.82, 2.24) is 9.03 Å². The first-order valence-electron chi connectivity index (χ1n) is 9.74. The number of rotatable bonds is 7. The third kappa shape index (κ3) is 4.22. The molecular formula is C20H24FN3O5S2. The van der Waals surface area contributed by atoms with E-state index in [2.05, 4.69) is 4.72 Å². The molecule has 1 aliphatic rings. The van der Waals surface area contributed by atoms with E-state index in [0.29, 0.717) is 30.8 Å². The Morgan fingerprint density at radius 1 is 1.06 bits per heavy atom. The average molecular weight is 470 g/mol. The summed E-state index contributed by atoms with van der Waals surface area (Å²) in [6, 6.07) is 7.52. The van der Waals surface area contributed by atoms with E-state index in [1.807, 2.05) is 0 Å². The normalized spacial score (nSPS) is 14.2. The minimum atomic E-state index is -3.85. The van der Waals surface area contributed by atoms with Crippen LogP contribution < -0.4 is 9.62 Å². The summed E-state index contributed by atoms with van der Waals surface area (Å²) in [5, 5.41) is 0. The molecule has 1 amide bonds. The summed E-state index contributed by atoms with van der Waals surface area (Å²) >= 11 is 0. The zero-order chi connectivity index (χ0) is 23.0. The molecule has 1 aliphatic heterocycles. The SMILES string of the molecule is CCN(CC)S(=O)(=O)c1ccc2c(c1)CCN2C(=O)c1cc(S(=O)(=O)NC)ccc1F. The molecule has 0 saturated heterocycles. The molecule has 0 aromatic heterocycles. The van der Waals surface area contributed by atoms with Crippen LogP contribution >= 0.6 is 0 Å². The minimum absolute atomic E-state index is 0.137. The molecule has 1 heterocycles. The van der Waals surface area contributed by atoms with Crippen molar-refractivity contribution in [3.63, 3.8) is 0 Å². The van der Waals surface area contributed by atoms with Crippen LogP contribution in [-0.4, -0.2) is 53.7 Å². The summed E-state index contributed by atoms with van der Waals surface area (Å²) in [4.78, 5) is 14.3. The smallest absolute Gasteiger partial charge is 0.261 e. The molecule has 1 N–H and O–H groups in total. The van der Waals surface area contributed by atoms with Gasteiger partial charge in [-0.3, -0.25) is 4.79 Å². The highest BCUT2D eigenvalue weighted by atomic mass is 32.2. The van der Waals surface area contributed by atoms with Crippen LogP contribution in [0.1, 0.15) is 29.8 Å². The van der Waals surface area contributed by atoms with Crippen molar-refractivity contribution in [1.29, 1.82) is 0 Å². The minimum Gasteiger partial charge on any atom is -0.308 e. The Morgan fingerprint density at radius 3 is 2.32 bits per heavy atom. The fourth-order valence-corrected chi connectivity index (χ4v) is 5.83. The Kier molecular flexibility index (Phi) is 6.51. The Bertz CT molecular complexity index is 1230. The van der Waals surface area contributed by atoms with Gasteiger partial charge in [0, 0.05) is 25.3 Å². The van der Waals surface area contributed by atoms with Gasteiger partial charge in [0.25, 0.3) is 5.91 Å². The van der Waals surface area contributed by atoms with Crippen LogP contribution in [0.25, 0.3) is 0 Å². The van der Waals surface area contributed by atoms with Crippen LogP contribution in [0.3, 0.4) is 0 Å². The molecule has 0 atom stereocenters. The highest BCUT2D eigenvalue weighted by molar-refractivity contribution is 7.89. The lowest BCUT2D eigenvalue weighted by atomic mass is 10.1. The van der Waals surface area contributed by atoms with Gasteiger partial charge in [0.1, 0.15) is 5.82 Å². The third-order valence-electron chi connectivity index (χ3n) is 5.28. The van der Waals surface area contributed by atoms with Crippen molar-refractivity contribution >= 4 is 31.6 Å². The Balaban J connectivity index is 1.98. The van der Waals surface area contributed by atoms with Crippen LogP contribution in [0.4, 0.5) is 10.1 Å². The number of nitrogens with zero attached hydrogens (tertiary/aromatic N) is 2. The Hall–Kier alpha value is -2.34. The molecular weight excluding hydrogens is 445 g/mol.